The Morgan fingerprint density at radius 3 is 2.57 bits per heavy atom. The van der Waals surface area contributed by atoms with Crippen molar-refractivity contribution in [1.82, 2.24) is 4.90 Å². The van der Waals surface area contributed by atoms with Crippen LogP contribution in [0.15, 0.2) is 36.4 Å². The second-order valence-electron chi connectivity index (χ2n) is 6.15. The molecule has 2 saturated heterocycles. The lowest BCUT2D eigenvalue weighted by atomic mass is 10.0. The number of amides is 3. The van der Waals surface area contributed by atoms with E-state index in [2.05, 4.69) is 6.07 Å². The maximum atomic E-state index is 12.8. The summed E-state index contributed by atoms with van der Waals surface area (Å²) in [4.78, 5) is 28.5. The van der Waals surface area contributed by atoms with Gasteiger partial charge in [0.15, 0.2) is 0 Å². The summed E-state index contributed by atoms with van der Waals surface area (Å²) in [6.07, 6.45) is 0.865. The van der Waals surface area contributed by atoms with Gasteiger partial charge in [0.05, 0.1) is 17.3 Å². The predicted molar refractivity (Wildman–Crippen MR) is 85.8 cm³/mol. The Kier molecular flexibility index (Phi) is 2.88. The average molecular weight is 305 g/mol. The van der Waals surface area contributed by atoms with Crippen molar-refractivity contribution in [3.05, 3.63) is 42.0 Å². The largest absolute Gasteiger partial charge is 0.332 e. The van der Waals surface area contributed by atoms with Crippen LogP contribution in [0.25, 0.3) is 10.8 Å². The molecule has 5 heteroatoms. The topological polar surface area (TPSA) is 64.4 Å². The summed E-state index contributed by atoms with van der Waals surface area (Å²) >= 11 is 0. The summed E-state index contributed by atoms with van der Waals surface area (Å²) in [6, 6.07) is 12.3. The van der Waals surface area contributed by atoms with Crippen LogP contribution in [0.4, 0.5) is 10.5 Å². The van der Waals surface area contributed by atoms with Gasteiger partial charge >= 0.3 is 6.03 Å². The number of hydrogen-bond donors (Lipinski definition) is 0. The molecule has 2 aromatic rings. The monoisotopic (exact) mass is 305 g/mol. The van der Waals surface area contributed by atoms with E-state index in [9.17, 15) is 14.9 Å². The highest BCUT2D eigenvalue weighted by Gasteiger charge is 2.51. The van der Waals surface area contributed by atoms with Crippen molar-refractivity contribution in [1.29, 1.82) is 5.26 Å². The maximum absolute atomic E-state index is 12.8. The van der Waals surface area contributed by atoms with Crippen molar-refractivity contribution in [2.24, 2.45) is 5.92 Å². The molecule has 0 spiro atoms. The van der Waals surface area contributed by atoms with Gasteiger partial charge in [-0.1, -0.05) is 31.2 Å². The standard InChI is InChI=1S/C18H15N3O2/c1-11-8-9-20-16(11)17(22)21(18(20)23)15-7-6-12(10-19)13-4-2-3-5-14(13)15/h2-7,11,16H,8-9H2,1H3/t11-,16+/m0/s1. The van der Waals surface area contributed by atoms with Crippen molar-refractivity contribution >= 4 is 28.4 Å². The van der Waals surface area contributed by atoms with Gasteiger partial charge in [0.2, 0.25) is 0 Å². The quantitative estimate of drug-likeness (QED) is 0.761. The highest BCUT2D eigenvalue weighted by Crippen LogP contribution is 2.38. The molecule has 5 nitrogen and oxygen atoms in total. The molecule has 0 bridgehead atoms. The predicted octanol–water partition coefficient (Wildman–Crippen LogP) is 2.89. The second-order valence-corrected chi connectivity index (χ2v) is 6.15. The summed E-state index contributed by atoms with van der Waals surface area (Å²) < 4.78 is 0. The van der Waals surface area contributed by atoms with Gasteiger partial charge in [-0.25, -0.2) is 9.69 Å². The normalized spacial score (nSPS) is 23.5. The fourth-order valence-corrected chi connectivity index (χ4v) is 3.69. The minimum absolute atomic E-state index is 0.158. The Morgan fingerprint density at radius 2 is 1.87 bits per heavy atom. The van der Waals surface area contributed by atoms with E-state index in [-0.39, 0.29) is 23.9 Å². The van der Waals surface area contributed by atoms with Crippen LogP contribution in [0.2, 0.25) is 0 Å². The minimum Gasteiger partial charge on any atom is -0.312 e. The maximum Gasteiger partial charge on any atom is 0.332 e. The zero-order valence-corrected chi connectivity index (χ0v) is 12.7. The number of urea groups is 1. The lowest BCUT2D eigenvalue weighted by Crippen LogP contribution is -2.33. The molecule has 0 saturated carbocycles. The lowest BCUT2D eigenvalue weighted by Gasteiger charge is -2.18. The van der Waals surface area contributed by atoms with E-state index >= 15 is 0 Å². The Morgan fingerprint density at radius 1 is 1.13 bits per heavy atom. The summed E-state index contributed by atoms with van der Waals surface area (Å²) in [5.41, 5.74) is 1.11. The SMILES string of the molecule is C[C@H]1CCN2C(=O)N(c3ccc(C#N)c4ccccc34)C(=O)[C@@H]12. The van der Waals surface area contributed by atoms with E-state index in [4.69, 9.17) is 0 Å². The molecule has 2 aliphatic rings. The van der Waals surface area contributed by atoms with E-state index in [0.29, 0.717) is 17.8 Å². The highest BCUT2D eigenvalue weighted by molar-refractivity contribution is 6.24. The number of carbonyl (C=O) groups excluding carboxylic acids is 2. The molecule has 0 aromatic heterocycles. The number of anilines is 1. The number of rotatable bonds is 1. The zero-order chi connectivity index (χ0) is 16.1. The van der Waals surface area contributed by atoms with Gasteiger partial charge in [-0.05, 0) is 24.5 Å². The zero-order valence-electron chi connectivity index (χ0n) is 12.7. The molecule has 23 heavy (non-hydrogen) atoms. The van der Waals surface area contributed by atoms with Crippen LogP contribution in [0.3, 0.4) is 0 Å². The molecule has 0 N–H and O–H groups in total. The third-order valence-corrected chi connectivity index (χ3v) is 4.87. The van der Waals surface area contributed by atoms with Gasteiger partial charge in [0.1, 0.15) is 6.04 Å². The number of nitriles is 1. The van der Waals surface area contributed by atoms with Crippen LogP contribution in [0.5, 0.6) is 0 Å². The molecule has 0 aliphatic carbocycles. The van der Waals surface area contributed by atoms with Gasteiger partial charge < -0.3 is 4.90 Å². The van der Waals surface area contributed by atoms with Crippen molar-refractivity contribution in [2.45, 2.75) is 19.4 Å². The van der Waals surface area contributed by atoms with Crippen molar-refractivity contribution in [3.8, 4) is 6.07 Å². The molecular weight excluding hydrogens is 290 g/mol. The van der Waals surface area contributed by atoms with E-state index in [1.807, 2.05) is 31.2 Å². The van der Waals surface area contributed by atoms with Gasteiger partial charge in [-0.3, -0.25) is 4.79 Å². The lowest BCUT2D eigenvalue weighted by molar-refractivity contribution is -0.120. The van der Waals surface area contributed by atoms with Gasteiger partial charge in [0.25, 0.3) is 5.91 Å². The first kappa shape index (κ1) is 13.8. The van der Waals surface area contributed by atoms with Crippen LogP contribution >= 0.6 is 0 Å². The number of hydrogen-bond acceptors (Lipinski definition) is 3. The molecule has 114 valence electrons. The number of imide groups is 1. The fraction of sp³-hybridized carbons (Fsp3) is 0.278. The summed E-state index contributed by atoms with van der Waals surface area (Å²) in [5, 5.41) is 10.8. The molecule has 2 atom stereocenters. The number of nitrogens with zero attached hydrogens (tertiary/aromatic N) is 3. The van der Waals surface area contributed by atoms with E-state index < -0.39 is 0 Å². The first-order chi connectivity index (χ1) is 11.1. The Hall–Kier alpha value is -2.87. The molecule has 0 radical (unpaired) electrons. The summed E-state index contributed by atoms with van der Waals surface area (Å²) in [7, 11) is 0. The number of benzene rings is 2. The van der Waals surface area contributed by atoms with Gasteiger partial charge in [-0.2, -0.15) is 5.26 Å². The second kappa shape index (κ2) is 4.82. The Bertz CT molecular complexity index is 883. The van der Waals surface area contributed by atoms with Gasteiger partial charge in [0, 0.05) is 17.3 Å². The summed E-state index contributed by atoms with van der Waals surface area (Å²) in [6.45, 7) is 2.64. The molecular formula is C18H15N3O2. The molecule has 0 unspecified atom stereocenters. The Balaban J connectivity index is 1.89. The van der Waals surface area contributed by atoms with Crippen molar-refractivity contribution in [2.75, 3.05) is 11.4 Å². The first-order valence-electron chi connectivity index (χ1n) is 7.70. The van der Waals surface area contributed by atoms with E-state index in [1.54, 1.807) is 17.0 Å². The van der Waals surface area contributed by atoms with Gasteiger partial charge in [-0.15, -0.1) is 0 Å². The minimum atomic E-state index is -0.350. The van der Waals surface area contributed by atoms with E-state index in [0.717, 1.165) is 17.2 Å². The fourth-order valence-electron chi connectivity index (χ4n) is 3.69. The summed E-state index contributed by atoms with van der Waals surface area (Å²) in [5.74, 6) is 0.0240. The van der Waals surface area contributed by atoms with Crippen LogP contribution < -0.4 is 4.90 Å². The molecule has 2 heterocycles. The van der Waals surface area contributed by atoms with Crippen LogP contribution in [0.1, 0.15) is 18.9 Å². The van der Waals surface area contributed by atoms with Crippen molar-refractivity contribution < 1.29 is 9.59 Å². The van der Waals surface area contributed by atoms with Crippen LogP contribution in [-0.4, -0.2) is 29.4 Å². The highest BCUT2D eigenvalue weighted by atomic mass is 16.2. The number of fused-ring (bicyclic) bond motifs is 2. The average Bonchev–Trinajstić information content (AvgIpc) is 3.07. The molecule has 2 aromatic carbocycles. The Labute approximate surface area is 133 Å². The van der Waals surface area contributed by atoms with E-state index in [1.165, 1.54) is 4.90 Å². The van der Waals surface area contributed by atoms with Crippen molar-refractivity contribution in [3.63, 3.8) is 0 Å². The van der Waals surface area contributed by atoms with Crippen LogP contribution in [0, 0.1) is 17.2 Å². The van der Waals surface area contributed by atoms with Crippen LogP contribution in [-0.2, 0) is 4.79 Å². The third-order valence-electron chi connectivity index (χ3n) is 4.87. The first-order valence-corrected chi connectivity index (χ1v) is 7.70. The molecule has 2 aliphatic heterocycles. The molecule has 2 fully saturated rings. The molecule has 3 amide bonds. The molecule has 4 rings (SSSR count). The third kappa shape index (κ3) is 1.78. The smallest absolute Gasteiger partial charge is 0.312 e. The number of carbonyl (C=O) groups is 2.